The first-order chi connectivity index (χ1) is 8.63. The molecule has 1 aromatic rings. The number of nitrogens with one attached hydrogen (secondary N) is 1. The minimum atomic E-state index is 0.128. The number of amides is 1. The lowest BCUT2D eigenvalue weighted by atomic mass is 10.2. The number of halogens is 1. The molecule has 0 saturated carbocycles. The van der Waals surface area contributed by atoms with Gasteiger partial charge in [-0.25, -0.2) is 0 Å². The van der Waals surface area contributed by atoms with Gasteiger partial charge in [0.2, 0.25) is 5.91 Å². The third-order valence-electron chi connectivity index (χ3n) is 3.25. The maximum atomic E-state index is 11.9. The van der Waals surface area contributed by atoms with E-state index in [4.69, 9.17) is 11.6 Å². The van der Waals surface area contributed by atoms with Crippen LogP contribution in [0.25, 0.3) is 0 Å². The van der Waals surface area contributed by atoms with E-state index in [9.17, 15) is 4.79 Å². The molecule has 0 aliphatic carbocycles. The third kappa shape index (κ3) is 2.67. The summed E-state index contributed by atoms with van der Waals surface area (Å²) in [6.45, 7) is 4.65. The number of rotatable bonds is 3. The second-order valence-corrected chi connectivity index (χ2v) is 4.91. The van der Waals surface area contributed by atoms with E-state index in [1.807, 2.05) is 18.9 Å². The van der Waals surface area contributed by atoms with Gasteiger partial charge in [-0.05, 0) is 19.4 Å². The second kappa shape index (κ2) is 5.71. The summed E-state index contributed by atoms with van der Waals surface area (Å²) in [5.74, 6) is 0.128. The van der Waals surface area contributed by atoms with E-state index in [1.54, 1.807) is 4.68 Å². The second-order valence-electron chi connectivity index (χ2n) is 4.53. The number of carbonyl (C=O) groups is 1. The van der Waals surface area contributed by atoms with Gasteiger partial charge < -0.3 is 10.2 Å². The molecule has 1 saturated heterocycles. The van der Waals surface area contributed by atoms with Crippen LogP contribution in [0, 0.1) is 0 Å². The van der Waals surface area contributed by atoms with Gasteiger partial charge in [0.05, 0.1) is 29.5 Å². The molecule has 1 aliphatic heterocycles. The molecular weight excluding hydrogens is 252 g/mol. The van der Waals surface area contributed by atoms with E-state index >= 15 is 0 Å². The standard InChI is InChI=1S/C12H19ClN4O/c1-3-9-12(13)10(16(2)15-9)8-17-6-4-5-14-7-11(17)18/h14H,3-8H2,1-2H3. The molecular formula is C12H19ClN4O. The zero-order chi connectivity index (χ0) is 13.1. The summed E-state index contributed by atoms with van der Waals surface area (Å²) in [6, 6.07) is 0. The Kier molecular flexibility index (Phi) is 4.24. The maximum Gasteiger partial charge on any atom is 0.236 e. The molecule has 0 radical (unpaired) electrons. The van der Waals surface area contributed by atoms with E-state index in [2.05, 4.69) is 10.4 Å². The van der Waals surface area contributed by atoms with Crippen molar-refractivity contribution < 1.29 is 4.79 Å². The predicted octanol–water partition coefficient (Wildman–Crippen LogP) is 0.958. The fourth-order valence-electron chi connectivity index (χ4n) is 2.17. The van der Waals surface area contributed by atoms with Crippen molar-refractivity contribution in [3.8, 4) is 0 Å². The number of hydrogen-bond acceptors (Lipinski definition) is 3. The van der Waals surface area contributed by atoms with Crippen LogP contribution < -0.4 is 5.32 Å². The average molecular weight is 271 g/mol. The van der Waals surface area contributed by atoms with E-state index in [-0.39, 0.29) is 5.91 Å². The number of carbonyl (C=O) groups excluding carboxylic acids is 1. The number of nitrogens with zero attached hydrogens (tertiary/aromatic N) is 3. The first kappa shape index (κ1) is 13.4. The van der Waals surface area contributed by atoms with Gasteiger partial charge in [0.1, 0.15) is 0 Å². The molecule has 5 nitrogen and oxygen atoms in total. The molecule has 0 atom stereocenters. The van der Waals surface area contributed by atoms with Crippen LogP contribution in [0.2, 0.25) is 5.02 Å². The van der Waals surface area contributed by atoms with Crippen molar-refractivity contribution in [2.45, 2.75) is 26.3 Å². The maximum absolute atomic E-state index is 11.9. The molecule has 1 fully saturated rings. The summed E-state index contributed by atoms with van der Waals surface area (Å²) < 4.78 is 1.78. The molecule has 6 heteroatoms. The quantitative estimate of drug-likeness (QED) is 0.890. The van der Waals surface area contributed by atoms with Gasteiger partial charge in [-0.2, -0.15) is 5.10 Å². The summed E-state index contributed by atoms with van der Waals surface area (Å²) in [4.78, 5) is 13.8. The van der Waals surface area contributed by atoms with Crippen LogP contribution >= 0.6 is 11.6 Å². The minimum absolute atomic E-state index is 0.128. The van der Waals surface area contributed by atoms with E-state index in [0.29, 0.717) is 18.1 Å². The van der Waals surface area contributed by atoms with Crippen molar-refractivity contribution in [3.05, 3.63) is 16.4 Å². The van der Waals surface area contributed by atoms with Gasteiger partial charge in [-0.1, -0.05) is 18.5 Å². The van der Waals surface area contributed by atoms with Gasteiger partial charge in [-0.15, -0.1) is 0 Å². The first-order valence-electron chi connectivity index (χ1n) is 6.32. The van der Waals surface area contributed by atoms with Gasteiger partial charge in [-0.3, -0.25) is 9.48 Å². The zero-order valence-electron chi connectivity index (χ0n) is 10.9. The Hall–Kier alpha value is -1.07. The Morgan fingerprint density at radius 2 is 2.28 bits per heavy atom. The summed E-state index contributed by atoms with van der Waals surface area (Å²) in [5, 5.41) is 8.18. The largest absolute Gasteiger partial charge is 0.336 e. The molecule has 1 aromatic heterocycles. The van der Waals surface area contributed by atoms with E-state index < -0.39 is 0 Å². The van der Waals surface area contributed by atoms with Gasteiger partial charge >= 0.3 is 0 Å². The molecule has 0 aromatic carbocycles. The van der Waals surface area contributed by atoms with Crippen molar-refractivity contribution in [2.24, 2.45) is 7.05 Å². The first-order valence-corrected chi connectivity index (χ1v) is 6.70. The zero-order valence-corrected chi connectivity index (χ0v) is 11.6. The summed E-state index contributed by atoms with van der Waals surface area (Å²) in [6.07, 6.45) is 1.78. The van der Waals surface area contributed by atoms with Gasteiger partial charge in [0.25, 0.3) is 0 Å². The lowest BCUT2D eigenvalue weighted by molar-refractivity contribution is -0.130. The summed E-state index contributed by atoms with van der Waals surface area (Å²) in [7, 11) is 1.88. The molecule has 2 rings (SSSR count). The fourth-order valence-corrected chi connectivity index (χ4v) is 2.52. The highest BCUT2D eigenvalue weighted by Crippen LogP contribution is 2.22. The Balaban J connectivity index is 2.17. The van der Waals surface area contributed by atoms with Gasteiger partial charge in [0.15, 0.2) is 0 Å². The lowest BCUT2D eigenvalue weighted by Gasteiger charge is -2.20. The smallest absolute Gasteiger partial charge is 0.236 e. The van der Waals surface area contributed by atoms with Crippen LogP contribution in [0.5, 0.6) is 0 Å². The Bertz CT molecular complexity index is 444. The number of aromatic nitrogens is 2. The molecule has 1 aliphatic rings. The highest BCUT2D eigenvalue weighted by molar-refractivity contribution is 6.31. The average Bonchev–Trinajstić information content (AvgIpc) is 2.52. The minimum Gasteiger partial charge on any atom is -0.336 e. The highest BCUT2D eigenvalue weighted by atomic mass is 35.5. The Morgan fingerprint density at radius 3 is 2.94 bits per heavy atom. The fraction of sp³-hybridized carbons (Fsp3) is 0.667. The van der Waals surface area contributed by atoms with Crippen molar-refractivity contribution in [1.82, 2.24) is 20.0 Å². The van der Waals surface area contributed by atoms with Crippen molar-refractivity contribution in [2.75, 3.05) is 19.6 Å². The van der Waals surface area contributed by atoms with E-state index in [1.165, 1.54) is 0 Å². The lowest BCUT2D eigenvalue weighted by Crippen LogP contribution is -2.34. The van der Waals surface area contributed by atoms with Crippen LogP contribution in [0.3, 0.4) is 0 Å². The molecule has 18 heavy (non-hydrogen) atoms. The van der Waals surface area contributed by atoms with Crippen molar-refractivity contribution in [1.29, 1.82) is 0 Å². The van der Waals surface area contributed by atoms with Crippen molar-refractivity contribution >= 4 is 17.5 Å². The SMILES string of the molecule is CCc1nn(C)c(CN2CCCNCC2=O)c1Cl. The third-order valence-corrected chi connectivity index (χ3v) is 3.69. The molecule has 0 bridgehead atoms. The number of aryl methyl sites for hydroxylation is 2. The highest BCUT2D eigenvalue weighted by Gasteiger charge is 2.21. The Labute approximate surface area is 112 Å². The normalized spacial score (nSPS) is 17.1. The van der Waals surface area contributed by atoms with Crippen LogP contribution in [0.4, 0.5) is 0 Å². The summed E-state index contributed by atoms with van der Waals surface area (Å²) >= 11 is 6.30. The molecule has 1 N–H and O–H groups in total. The van der Waals surface area contributed by atoms with Crippen LogP contribution in [0.1, 0.15) is 24.7 Å². The monoisotopic (exact) mass is 270 g/mol. The van der Waals surface area contributed by atoms with Crippen LogP contribution in [0.15, 0.2) is 0 Å². The van der Waals surface area contributed by atoms with Crippen LogP contribution in [-0.4, -0.2) is 40.2 Å². The Morgan fingerprint density at radius 1 is 1.50 bits per heavy atom. The molecule has 100 valence electrons. The van der Waals surface area contributed by atoms with Crippen molar-refractivity contribution in [3.63, 3.8) is 0 Å². The molecule has 1 amide bonds. The molecule has 2 heterocycles. The topological polar surface area (TPSA) is 50.2 Å². The number of hydrogen-bond donors (Lipinski definition) is 1. The van der Waals surface area contributed by atoms with Crippen LogP contribution in [-0.2, 0) is 24.8 Å². The molecule has 0 unspecified atom stereocenters. The molecule has 0 spiro atoms. The predicted molar refractivity (Wildman–Crippen MR) is 70.5 cm³/mol. The van der Waals surface area contributed by atoms with E-state index in [0.717, 1.165) is 37.3 Å². The van der Waals surface area contributed by atoms with Gasteiger partial charge in [0, 0.05) is 13.6 Å². The summed E-state index contributed by atoms with van der Waals surface area (Å²) in [5.41, 5.74) is 1.82.